The quantitative estimate of drug-likeness (QED) is 0.553. The summed E-state index contributed by atoms with van der Waals surface area (Å²) in [6.07, 6.45) is 4.81. The van der Waals surface area contributed by atoms with Crippen LogP contribution in [0, 0.1) is 11.8 Å². The maximum absolute atomic E-state index is 11.2. The average Bonchev–Trinajstić information content (AvgIpc) is 2.21. The van der Waals surface area contributed by atoms with E-state index in [9.17, 15) is 8.42 Å². The van der Waals surface area contributed by atoms with Crippen LogP contribution >= 0.6 is 0 Å². The highest BCUT2D eigenvalue weighted by molar-refractivity contribution is 7.91. The van der Waals surface area contributed by atoms with Crippen LogP contribution in [0.5, 0.6) is 0 Å². The number of fused-ring (bicyclic) bond motifs is 1. The second-order valence-corrected chi connectivity index (χ2v) is 6.04. The Kier molecular flexibility index (Phi) is 1.71. The lowest BCUT2D eigenvalue weighted by atomic mass is 9.82. The number of rotatable bonds is 0. The van der Waals surface area contributed by atoms with Crippen molar-refractivity contribution in [2.75, 3.05) is 11.5 Å². The van der Waals surface area contributed by atoms with Crippen LogP contribution < -0.4 is 0 Å². The SMILES string of the molecule is O=S1(=O)CC2CCCCC2C1. The van der Waals surface area contributed by atoms with Crippen molar-refractivity contribution in [1.82, 2.24) is 0 Å². The minimum absolute atomic E-state index is 0.484. The van der Waals surface area contributed by atoms with Crippen molar-refractivity contribution in [3.63, 3.8) is 0 Å². The Morgan fingerprint density at radius 2 is 1.36 bits per heavy atom. The Morgan fingerprint density at radius 1 is 0.909 bits per heavy atom. The minimum Gasteiger partial charge on any atom is -0.229 e. The highest BCUT2D eigenvalue weighted by atomic mass is 32.2. The summed E-state index contributed by atoms with van der Waals surface area (Å²) in [6.45, 7) is 0. The molecule has 2 nitrogen and oxygen atoms in total. The van der Waals surface area contributed by atoms with Gasteiger partial charge in [-0.2, -0.15) is 0 Å². The Labute approximate surface area is 67.9 Å². The highest BCUT2D eigenvalue weighted by Gasteiger charge is 2.38. The average molecular weight is 174 g/mol. The van der Waals surface area contributed by atoms with Crippen molar-refractivity contribution in [3.05, 3.63) is 0 Å². The van der Waals surface area contributed by atoms with Gasteiger partial charge in [0, 0.05) is 0 Å². The molecule has 0 aromatic heterocycles. The van der Waals surface area contributed by atoms with E-state index in [0.717, 1.165) is 12.8 Å². The number of hydrogen-bond acceptors (Lipinski definition) is 2. The van der Waals surface area contributed by atoms with Gasteiger partial charge in [-0.1, -0.05) is 12.8 Å². The molecular weight excluding hydrogens is 160 g/mol. The van der Waals surface area contributed by atoms with E-state index in [1.165, 1.54) is 12.8 Å². The molecule has 2 fully saturated rings. The van der Waals surface area contributed by atoms with Gasteiger partial charge in [-0.3, -0.25) is 0 Å². The van der Waals surface area contributed by atoms with Crippen LogP contribution in [-0.4, -0.2) is 19.9 Å². The van der Waals surface area contributed by atoms with Crippen molar-refractivity contribution < 1.29 is 8.42 Å². The van der Waals surface area contributed by atoms with Gasteiger partial charge in [-0.15, -0.1) is 0 Å². The smallest absolute Gasteiger partial charge is 0.150 e. The Morgan fingerprint density at radius 3 is 1.82 bits per heavy atom. The molecular formula is C8H14O2S. The molecule has 2 aliphatic rings. The Balaban J connectivity index is 2.15. The monoisotopic (exact) mass is 174 g/mol. The fourth-order valence-electron chi connectivity index (χ4n) is 2.44. The number of hydrogen-bond donors (Lipinski definition) is 0. The second kappa shape index (κ2) is 2.47. The van der Waals surface area contributed by atoms with Crippen molar-refractivity contribution in [2.24, 2.45) is 11.8 Å². The standard InChI is InChI=1S/C8H14O2S/c9-11(10)5-7-3-1-2-4-8(7)6-11/h7-8H,1-6H2. The van der Waals surface area contributed by atoms with Gasteiger partial charge in [0.25, 0.3) is 0 Å². The van der Waals surface area contributed by atoms with E-state index in [1.807, 2.05) is 0 Å². The topological polar surface area (TPSA) is 34.1 Å². The van der Waals surface area contributed by atoms with E-state index in [4.69, 9.17) is 0 Å². The van der Waals surface area contributed by atoms with Crippen LogP contribution in [0.4, 0.5) is 0 Å². The molecule has 11 heavy (non-hydrogen) atoms. The molecule has 1 saturated carbocycles. The van der Waals surface area contributed by atoms with Crippen molar-refractivity contribution in [1.29, 1.82) is 0 Å². The predicted octanol–water partition coefficient (Wildman–Crippen LogP) is 1.22. The first-order valence-corrected chi connectivity index (χ1v) is 6.20. The van der Waals surface area contributed by atoms with E-state index in [0.29, 0.717) is 23.3 Å². The molecule has 0 aromatic carbocycles. The van der Waals surface area contributed by atoms with E-state index in [1.54, 1.807) is 0 Å². The molecule has 0 amide bonds. The van der Waals surface area contributed by atoms with Gasteiger partial charge >= 0.3 is 0 Å². The lowest BCUT2D eigenvalue weighted by Gasteiger charge is -2.22. The molecule has 64 valence electrons. The molecule has 1 aliphatic carbocycles. The largest absolute Gasteiger partial charge is 0.229 e. The van der Waals surface area contributed by atoms with Crippen molar-refractivity contribution in [3.8, 4) is 0 Å². The van der Waals surface area contributed by atoms with Crippen LogP contribution in [0.2, 0.25) is 0 Å². The summed E-state index contributed by atoms with van der Waals surface area (Å²) in [4.78, 5) is 0. The summed E-state index contributed by atoms with van der Waals surface area (Å²) < 4.78 is 22.4. The molecule has 1 heterocycles. The molecule has 0 radical (unpaired) electrons. The van der Waals surface area contributed by atoms with Crippen molar-refractivity contribution >= 4 is 9.84 Å². The third-order valence-corrected chi connectivity index (χ3v) is 4.87. The predicted molar refractivity (Wildman–Crippen MR) is 44.1 cm³/mol. The molecule has 0 bridgehead atoms. The van der Waals surface area contributed by atoms with Crippen LogP contribution in [0.15, 0.2) is 0 Å². The molecule has 1 saturated heterocycles. The van der Waals surface area contributed by atoms with E-state index in [-0.39, 0.29) is 0 Å². The normalized spacial score (nSPS) is 41.8. The molecule has 1 aliphatic heterocycles. The third-order valence-electron chi connectivity index (χ3n) is 3.00. The first-order chi connectivity index (χ1) is 5.17. The van der Waals surface area contributed by atoms with Gasteiger partial charge in [0.15, 0.2) is 9.84 Å². The summed E-state index contributed by atoms with van der Waals surface area (Å²) in [5.41, 5.74) is 0. The van der Waals surface area contributed by atoms with E-state index < -0.39 is 9.84 Å². The van der Waals surface area contributed by atoms with Gasteiger partial charge in [0.1, 0.15) is 0 Å². The Bertz CT molecular complexity index is 223. The Hall–Kier alpha value is -0.0500. The zero-order chi connectivity index (χ0) is 7.90. The third kappa shape index (κ3) is 1.43. The zero-order valence-electron chi connectivity index (χ0n) is 6.62. The molecule has 2 atom stereocenters. The van der Waals surface area contributed by atoms with Crippen LogP contribution in [0.1, 0.15) is 25.7 Å². The summed E-state index contributed by atoms with van der Waals surface area (Å²) in [5, 5.41) is 0. The first-order valence-electron chi connectivity index (χ1n) is 4.38. The van der Waals surface area contributed by atoms with Crippen LogP contribution in [0.3, 0.4) is 0 Å². The van der Waals surface area contributed by atoms with Crippen LogP contribution in [-0.2, 0) is 9.84 Å². The molecule has 2 rings (SSSR count). The van der Waals surface area contributed by atoms with Gasteiger partial charge in [0.05, 0.1) is 11.5 Å². The van der Waals surface area contributed by atoms with Gasteiger partial charge < -0.3 is 0 Å². The van der Waals surface area contributed by atoms with Gasteiger partial charge in [-0.25, -0.2) is 8.42 Å². The fraction of sp³-hybridized carbons (Fsp3) is 1.00. The zero-order valence-corrected chi connectivity index (χ0v) is 7.44. The van der Waals surface area contributed by atoms with Gasteiger partial charge in [0.2, 0.25) is 0 Å². The van der Waals surface area contributed by atoms with E-state index >= 15 is 0 Å². The summed E-state index contributed by atoms with van der Waals surface area (Å²) in [5.74, 6) is 2.01. The summed E-state index contributed by atoms with van der Waals surface area (Å²) in [7, 11) is -2.63. The molecule has 0 N–H and O–H groups in total. The molecule has 3 heteroatoms. The van der Waals surface area contributed by atoms with Crippen molar-refractivity contribution in [2.45, 2.75) is 25.7 Å². The maximum Gasteiger partial charge on any atom is 0.150 e. The first kappa shape index (κ1) is 7.59. The summed E-state index contributed by atoms with van der Waals surface area (Å²) in [6, 6.07) is 0. The lowest BCUT2D eigenvalue weighted by molar-refractivity contribution is 0.299. The fourth-order valence-corrected chi connectivity index (χ4v) is 4.76. The maximum atomic E-state index is 11.2. The lowest BCUT2D eigenvalue weighted by Crippen LogP contribution is -2.16. The minimum atomic E-state index is -2.63. The highest BCUT2D eigenvalue weighted by Crippen LogP contribution is 2.37. The summed E-state index contributed by atoms with van der Waals surface area (Å²) >= 11 is 0. The number of sulfone groups is 1. The van der Waals surface area contributed by atoms with Gasteiger partial charge in [-0.05, 0) is 24.7 Å². The molecule has 0 aromatic rings. The molecule has 0 spiro atoms. The molecule has 2 unspecified atom stereocenters. The van der Waals surface area contributed by atoms with E-state index in [2.05, 4.69) is 0 Å². The second-order valence-electron chi connectivity index (χ2n) is 3.88. The van der Waals surface area contributed by atoms with Crippen LogP contribution in [0.25, 0.3) is 0 Å².